The molecule has 6 heteroatoms. The van der Waals surface area contributed by atoms with Crippen LogP contribution in [0.5, 0.6) is 0 Å². The fourth-order valence-electron chi connectivity index (χ4n) is 3.99. The van der Waals surface area contributed by atoms with Gasteiger partial charge in [0, 0.05) is 48.2 Å². The van der Waals surface area contributed by atoms with Crippen molar-refractivity contribution in [3.05, 3.63) is 47.9 Å². The molecule has 2 aliphatic heterocycles. The Bertz CT molecular complexity index is 873. The first-order valence-corrected chi connectivity index (χ1v) is 8.59. The van der Waals surface area contributed by atoms with Gasteiger partial charge in [-0.05, 0) is 37.1 Å². The number of H-pyrrole nitrogens is 1. The Labute approximate surface area is 145 Å². The van der Waals surface area contributed by atoms with Gasteiger partial charge in [-0.2, -0.15) is 0 Å². The molecular weight excluding hydrogens is 321 g/mol. The maximum Gasteiger partial charge on any atom is 0.246 e. The number of fused-ring (bicyclic) bond motifs is 3. The Morgan fingerprint density at radius 2 is 2.16 bits per heavy atom. The van der Waals surface area contributed by atoms with Crippen molar-refractivity contribution in [2.75, 3.05) is 13.1 Å². The average Bonchev–Trinajstić information content (AvgIpc) is 3.24. The zero-order valence-electron chi connectivity index (χ0n) is 13.9. The second-order valence-corrected chi connectivity index (χ2v) is 6.68. The standard InChI is InChI=1S/C19H20FN3O2/c1-2-18(24)23-8-3-4-17(23)19(25)22-9-7-16-14(11-22)13-10-12(20)5-6-15(13)21-16/h2,5-6,10,17,21H,1,3-4,7-9,11H2. The van der Waals surface area contributed by atoms with Gasteiger partial charge in [0.25, 0.3) is 0 Å². The third-order valence-corrected chi connectivity index (χ3v) is 5.24. The zero-order chi connectivity index (χ0) is 17.6. The molecule has 1 aromatic carbocycles. The summed E-state index contributed by atoms with van der Waals surface area (Å²) in [5.74, 6) is -0.497. The summed E-state index contributed by atoms with van der Waals surface area (Å²) in [6.45, 7) is 5.17. The number of likely N-dealkylation sites (tertiary alicyclic amines) is 1. The number of amides is 2. The summed E-state index contributed by atoms with van der Waals surface area (Å²) in [7, 11) is 0. The summed E-state index contributed by atoms with van der Waals surface area (Å²) in [5, 5.41) is 0.831. The zero-order valence-corrected chi connectivity index (χ0v) is 13.9. The van der Waals surface area contributed by atoms with Crippen LogP contribution < -0.4 is 0 Å². The second-order valence-electron chi connectivity index (χ2n) is 6.68. The van der Waals surface area contributed by atoms with Crippen LogP contribution in [0.3, 0.4) is 0 Å². The third kappa shape index (κ3) is 2.62. The van der Waals surface area contributed by atoms with Crippen LogP contribution in [-0.2, 0) is 22.6 Å². The Morgan fingerprint density at radius 3 is 2.96 bits per heavy atom. The van der Waals surface area contributed by atoms with Crippen molar-refractivity contribution >= 4 is 22.7 Å². The largest absolute Gasteiger partial charge is 0.358 e. The maximum absolute atomic E-state index is 13.6. The molecule has 3 heterocycles. The molecule has 1 saturated heterocycles. The first-order valence-electron chi connectivity index (χ1n) is 8.59. The van der Waals surface area contributed by atoms with Gasteiger partial charge >= 0.3 is 0 Å². The molecule has 2 amide bonds. The predicted octanol–water partition coefficient (Wildman–Crippen LogP) is 2.37. The van der Waals surface area contributed by atoms with Crippen molar-refractivity contribution in [2.24, 2.45) is 0 Å². The number of nitrogens with one attached hydrogen (secondary N) is 1. The first kappa shape index (κ1) is 15.9. The van der Waals surface area contributed by atoms with Crippen LogP contribution in [0.15, 0.2) is 30.9 Å². The number of aromatic nitrogens is 1. The normalized spacial score (nSPS) is 20.0. The lowest BCUT2D eigenvalue weighted by Crippen LogP contribution is -2.48. The number of aromatic amines is 1. The summed E-state index contributed by atoms with van der Waals surface area (Å²) in [5.41, 5.74) is 2.94. The molecule has 0 saturated carbocycles. The van der Waals surface area contributed by atoms with Crippen molar-refractivity contribution in [2.45, 2.75) is 31.8 Å². The molecule has 1 atom stereocenters. The number of hydrogen-bond acceptors (Lipinski definition) is 2. The second kappa shape index (κ2) is 6.02. The maximum atomic E-state index is 13.6. The molecule has 0 bridgehead atoms. The van der Waals surface area contributed by atoms with Gasteiger partial charge in [-0.1, -0.05) is 6.58 Å². The van der Waals surface area contributed by atoms with Gasteiger partial charge in [-0.15, -0.1) is 0 Å². The van der Waals surface area contributed by atoms with E-state index in [1.165, 1.54) is 18.2 Å². The van der Waals surface area contributed by atoms with E-state index < -0.39 is 6.04 Å². The minimum Gasteiger partial charge on any atom is -0.358 e. The molecule has 1 N–H and O–H groups in total. The Morgan fingerprint density at radius 1 is 1.32 bits per heavy atom. The van der Waals surface area contributed by atoms with Crippen LogP contribution >= 0.6 is 0 Å². The van der Waals surface area contributed by atoms with E-state index in [-0.39, 0.29) is 17.6 Å². The van der Waals surface area contributed by atoms with Crippen molar-refractivity contribution in [1.82, 2.24) is 14.8 Å². The molecule has 0 spiro atoms. The topological polar surface area (TPSA) is 56.4 Å². The third-order valence-electron chi connectivity index (χ3n) is 5.24. The van der Waals surface area contributed by atoms with E-state index in [9.17, 15) is 14.0 Å². The van der Waals surface area contributed by atoms with Gasteiger partial charge in [-0.3, -0.25) is 9.59 Å². The number of nitrogens with zero attached hydrogens (tertiary/aromatic N) is 2. The highest BCUT2D eigenvalue weighted by molar-refractivity contribution is 5.93. The van der Waals surface area contributed by atoms with Gasteiger partial charge in [0.15, 0.2) is 0 Å². The molecule has 0 aliphatic carbocycles. The molecule has 4 rings (SSSR count). The highest BCUT2D eigenvalue weighted by atomic mass is 19.1. The first-order chi connectivity index (χ1) is 12.1. The Hall–Kier alpha value is -2.63. The molecule has 1 aromatic heterocycles. The molecule has 130 valence electrons. The number of hydrogen-bond donors (Lipinski definition) is 1. The number of carbonyl (C=O) groups excluding carboxylic acids is 2. The van der Waals surface area contributed by atoms with Crippen LogP contribution in [0, 0.1) is 5.82 Å². The summed E-state index contributed by atoms with van der Waals surface area (Å²) in [6, 6.07) is 4.28. The molecule has 25 heavy (non-hydrogen) atoms. The van der Waals surface area contributed by atoms with Crippen molar-refractivity contribution in [3.63, 3.8) is 0 Å². The van der Waals surface area contributed by atoms with Crippen LogP contribution in [0.4, 0.5) is 4.39 Å². The average molecular weight is 341 g/mol. The Balaban J connectivity index is 1.60. The van der Waals surface area contributed by atoms with E-state index in [1.54, 1.807) is 15.9 Å². The van der Waals surface area contributed by atoms with Crippen LogP contribution in [0.25, 0.3) is 10.9 Å². The van der Waals surface area contributed by atoms with Crippen LogP contribution in [-0.4, -0.2) is 45.7 Å². The van der Waals surface area contributed by atoms with Crippen LogP contribution in [0.2, 0.25) is 0 Å². The fourth-order valence-corrected chi connectivity index (χ4v) is 3.99. The highest BCUT2D eigenvalue weighted by Gasteiger charge is 2.37. The molecule has 0 radical (unpaired) electrons. The molecule has 2 aromatic rings. The Kier molecular flexibility index (Phi) is 3.82. The smallest absolute Gasteiger partial charge is 0.246 e. The minimum absolute atomic E-state index is 0.0240. The molecular formula is C19H20FN3O2. The molecule has 5 nitrogen and oxygen atoms in total. The highest BCUT2D eigenvalue weighted by Crippen LogP contribution is 2.30. The summed E-state index contributed by atoms with van der Waals surface area (Å²) in [4.78, 5) is 31.7. The van der Waals surface area contributed by atoms with Gasteiger partial charge in [0.1, 0.15) is 11.9 Å². The minimum atomic E-state index is -0.408. The van der Waals surface area contributed by atoms with Crippen molar-refractivity contribution in [1.29, 1.82) is 0 Å². The predicted molar refractivity (Wildman–Crippen MR) is 92.3 cm³/mol. The monoisotopic (exact) mass is 341 g/mol. The molecule has 2 aliphatic rings. The summed E-state index contributed by atoms with van der Waals surface area (Å²) >= 11 is 0. The fraction of sp³-hybridized carbons (Fsp3) is 0.368. The lowest BCUT2D eigenvalue weighted by molar-refractivity contribution is -0.142. The lowest BCUT2D eigenvalue weighted by atomic mass is 10.0. The number of halogens is 1. The molecule has 1 unspecified atom stereocenters. The van der Waals surface area contributed by atoms with Crippen LogP contribution in [0.1, 0.15) is 24.1 Å². The number of benzene rings is 1. The summed E-state index contributed by atoms with van der Waals surface area (Å²) in [6.07, 6.45) is 3.49. The quantitative estimate of drug-likeness (QED) is 0.853. The number of carbonyl (C=O) groups is 2. The summed E-state index contributed by atoms with van der Waals surface area (Å²) < 4.78 is 13.6. The van der Waals surface area contributed by atoms with E-state index in [2.05, 4.69) is 11.6 Å². The lowest BCUT2D eigenvalue weighted by Gasteiger charge is -2.32. The SMILES string of the molecule is C=CC(=O)N1CCCC1C(=O)N1CCc2[nH]c3ccc(F)cc3c2C1. The molecule has 1 fully saturated rings. The van der Waals surface area contributed by atoms with Gasteiger partial charge in [-0.25, -0.2) is 4.39 Å². The van der Waals surface area contributed by atoms with Crippen molar-refractivity contribution in [3.8, 4) is 0 Å². The van der Waals surface area contributed by atoms with E-state index in [1.807, 2.05) is 0 Å². The van der Waals surface area contributed by atoms with E-state index in [4.69, 9.17) is 0 Å². The van der Waals surface area contributed by atoms with Crippen molar-refractivity contribution < 1.29 is 14.0 Å². The van der Waals surface area contributed by atoms with Gasteiger partial charge < -0.3 is 14.8 Å². The van der Waals surface area contributed by atoms with E-state index >= 15 is 0 Å². The van der Waals surface area contributed by atoms with Gasteiger partial charge in [0.05, 0.1) is 0 Å². The van der Waals surface area contributed by atoms with E-state index in [0.29, 0.717) is 32.5 Å². The van der Waals surface area contributed by atoms with E-state index in [0.717, 1.165) is 28.6 Å². The van der Waals surface area contributed by atoms with Gasteiger partial charge in [0.2, 0.25) is 11.8 Å². The number of rotatable bonds is 2.